The highest BCUT2D eigenvalue weighted by Gasteiger charge is 2.20. The number of nitrogens with zero attached hydrogens (tertiary/aromatic N) is 1. The fraction of sp³-hybridized carbons (Fsp3) is 0.235. The van der Waals surface area contributed by atoms with Crippen LogP contribution in [0.3, 0.4) is 0 Å². The summed E-state index contributed by atoms with van der Waals surface area (Å²) >= 11 is 1.64. The molecule has 0 aliphatic carbocycles. The number of para-hydroxylation sites is 1. The fourth-order valence-electron chi connectivity index (χ4n) is 2.58. The van der Waals surface area contributed by atoms with Gasteiger partial charge in [-0.2, -0.15) is 0 Å². The summed E-state index contributed by atoms with van der Waals surface area (Å²) in [6, 6.07) is 16.7. The zero-order valence-electron chi connectivity index (χ0n) is 12.2. The van der Waals surface area contributed by atoms with Crippen LogP contribution < -0.4 is 10.1 Å². The molecule has 1 aliphatic rings. The maximum atomic E-state index is 5.24. The van der Waals surface area contributed by atoms with Crippen LogP contribution in [-0.2, 0) is 0 Å². The number of benzene rings is 2. The summed E-state index contributed by atoms with van der Waals surface area (Å²) < 4.78 is 5.24. The first kappa shape index (κ1) is 14.0. The molecule has 1 unspecified atom stereocenters. The van der Waals surface area contributed by atoms with Crippen LogP contribution in [0.25, 0.3) is 0 Å². The molecule has 108 valence electrons. The van der Waals surface area contributed by atoms with Gasteiger partial charge in [0.05, 0.1) is 13.7 Å². The number of nitrogens with one attached hydrogen (secondary N) is 1. The van der Waals surface area contributed by atoms with Crippen LogP contribution in [0, 0.1) is 0 Å². The molecule has 0 radical (unpaired) electrons. The van der Waals surface area contributed by atoms with Crippen LogP contribution in [0.5, 0.6) is 5.75 Å². The third-order valence-electron chi connectivity index (χ3n) is 3.71. The maximum Gasteiger partial charge on any atom is 0.160 e. The monoisotopic (exact) mass is 298 g/mol. The predicted molar refractivity (Wildman–Crippen MR) is 90.7 cm³/mol. The minimum Gasteiger partial charge on any atom is -0.497 e. The van der Waals surface area contributed by atoms with Crippen molar-refractivity contribution in [2.24, 2.45) is 4.99 Å². The minimum atomic E-state index is 0.268. The second-order valence-electron chi connectivity index (χ2n) is 4.89. The molecule has 1 atom stereocenters. The molecule has 3 nitrogen and oxygen atoms in total. The number of anilines is 1. The van der Waals surface area contributed by atoms with Gasteiger partial charge in [-0.1, -0.05) is 42.1 Å². The van der Waals surface area contributed by atoms with E-state index in [0.29, 0.717) is 0 Å². The van der Waals surface area contributed by atoms with E-state index in [1.54, 1.807) is 18.9 Å². The van der Waals surface area contributed by atoms with E-state index in [0.717, 1.165) is 23.1 Å². The number of aliphatic imine (C=N–C) groups is 1. The molecule has 21 heavy (non-hydrogen) atoms. The summed E-state index contributed by atoms with van der Waals surface area (Å²) in [4.78, 5) is 4.69. The van der Waals surface area contributed by atoms with Gasteiger partial charge in [-0.05, 0) is 35.6 Å². The van der Waals surface area contributed by atoms with E-state index in [9.17, 15) is 0 Å². The Bertz CT molecular complexity index is 652. The van der Waals surface area contributed by atoms with Crippen molar-refractivity contribution in [3.8, 4) is 5.75 Å². The van der Waals surface area contributed by atoms with Gasteiger partial charge in [0.2, 0.25) is 0 Å². The van der Waals surface area contributed by atoms with Gasteiger partial charge in [-0.25, -0.2) is 0 Å². The van der Waals surface area contributed by atoms with Crippen LogP contribution >= 0.6 is 11.8 Å². The second-order valence-corrected chi connectivity index (χ2v) is 5.68. The number of methoxy groups -OCH3 is 1. The topological polar surface area (TPSA) is 33.6 Å². The number of rotatable bonds is 2. The zero-order chi connectivity index (χ0) is 14.7. The molecule has 2 aromatic rings. The first-order valence-corrected chi connectivity index (χ1v) is 8.12. The fourth-order valence-corrected chi connectivity index (χ4v) is 2.99. The molecule has 1 heterocycles. The first-order valence-electron chi connectivity index (χ1n) is 6.90. The molecule has 0 spiro atoms. The molecule has 0 fully saturated rings. The highest BCUT2D eigenvalue weighted by Crippen LogP contribution is 2.34. The molecule has 0 amide bonds. The Hall–Kier alpha value is -1.94. The van der Waals surface area contributed by atoms with E-state index in [4.69, 9.17) is 9.73 Å². The zero-order valence-corrected chi connectivity index (χ0v) is 13.0. The smallest absolute Gasteiger partial charge is 0.160 e. The first-order chi connectivity index (χ1) is 10.3. The second kappa shape index (κ2) is 6.22. The van der Waals surface area contributed by atoms with E-state index in [1.807, 2.05) is 18.4 Å². The van der Waals surface area contributed by atoms with Crippen molar-refractivity contribution in [1.82, 2.24) is 0 Å². The highest BCUT2D eigenvalue weighted by atomic mass is 32.2. The molecule has 3 rings (SSSR count). The van der Waals surface area contributed by atoms with E-state index >= 15 is 0 Å². The molecular weight excluding hydrogens is 280 g/mol. The van der Waals surface area contributed by atoms with Crippen LogP contribution in [0.4, 0.5) is 5.69 Å². The van der Waals surface area contributed by atoms with Gasteiger partial charge in [0.1, 0.15) is 5.75 Å². The van der Waals surface area contributed by atoms with Crippen molar-refractivity contribution in [2.45, 2.75) is 5.92 Å². The van der Waals surface area contributed by atoms with Gasteiger partial charge in [-0.3, -0.25) is 4.99 Å². The number of fused-ring (bicyclic) bond motifs is 1. The standard InChI is InChI=1S/C17H18N2OS/c1-20-13-9-7-12(8-10-13)15-11-18-17(21-2)19-16-6-4-3-5-14(15)16/h3-10,15H,11H2,1-2H3,(H,18,19). The largest absolute Gasteiger partial charge is 0.497 e. The van der Waals surface area contributed by atoms with Crippen LogP contribution in [0.1, 0.15) is 17.0 Å². The lowest BCUT2D eigenvalue weighted by molar-refractivity contribution is 0.414. The van der Waals surface area contributed by atoms with E-state index in [-0.39, 0.29) is 5.92 Å². The Kier molecular flexibility index (Phi) is 4.15. The summed E-state index contributed by atoms with van der Waals surface area (Å²) in [6.07, 6.45) is 2.04. The molecule has 4 heteroatoms. The Morgan fingerprint density at radius 2 is 1.90 bits per heavy atom. The number of thioether (sulfide) groups is 1. The van der Waals surface area contributed by atoms with Gasteiger partial charge in [0, 0.05) is 11.6 Å². The van der Waals surface area contributed by atoms with Gasteiger partial charge < -0.3 is 10.1 Å². The normalized spacial score (nSPS) is 17.2. The molecule has 0 saturated heterocycles. The van der Waals surface area contributed by atoms with Crippen molar-refractivity contribution in [2.75, 3.05) is 25.2 Å². The average Bonchev–Trinajstić information content (AvgIpc) is 2.74. The summed E-state index contributed by atoms with van der Waals surface area (Å²) in [6.45, 7) is 0.756. The van der Waals surface area contributed by atoms with Gasteiger partial charge >= 0.3 is 0 Å². The quantitative estimate of drug-likeness (QED) is 0.910. The third-order valence-corrected chi connectivity index (χ3v) is 4.32. The lowest BCUT2D eigenvalue weighted by Gasteiger charge is -2.17. The molecule has 0 bridgehead atoms. The van der Waals surface area contributed by atoms with Gasteiger partial charge in [-0.15, -0.1) is 0 Å². The summed E-state index contributed by atoms with van der Waals surface area (Å²) in [5, 5.41) is 4.39. The van der Waals surface area contributed by atoms with E-state index in [2.05, 4.69) is 41.7 Å². The van der Waals surface area contributed by atoms with E-state index in [1.165, 1.54) is 11.1 Å². The maximum absolute atomic E-state index is 5.24. The van der Waals surface area contributed by atoms with E-state index < -0.39 is 0 Å². The number of hydrogen-bond donors (Lipinski definition) is 1. The van der Waals surface area contributed by atoms with Crippen LogP contribution in [0.2, 0.25) is 0 Å². The van der Waals surface area contributed by atoms with Gasteiger partial charge in [0.15, 0.2) is 5.17 Å². The van der Waals surface area contributed by atoms with Crippen LogP contribution in [0.15, 0.2) is 53.5 Å². The Labute approximate surface area is 129 Å². The molecule has 0 saturated carbocycles. The van der Waals surface area contributed by atoms with Crippen molar-refractivity contribution >= 4 is 22.6 Å². The van der Waals surface area contributed by atoms with Crippen molar-refractivity contribution in [1.29, 1.82) is 0 Å². The molecule has 1 N–H and O–H groups in total. The molecular formula is C17H18N2OS. The SMILES string of the molecule is COc1ccc(C2CN=C(SC)Nc3ccccc32)cc1. The van der Waals surface area contributed by atoms with Crippen molar-refractivity contribution in [3.63, 3.8) is 0 Å². The molecule has 0 aromatic heterocycles. The van der Waals surface area contributed by atoms with Crippen LogP contribution in [-0.4, -0.2) is 25.1 Å². The average molecular weight is 298 g/mol. The lowest BCUT2D eigenvalue weighted by atomic mass is 9.90. The lowest BCUT2D eigenvalue weighted by Crippen LogP contribution is -2.06. The summed E-state index contributed by atoms with van der Waals surface area (Å²) in [5.74, 6) is 1.15. The number of amidine groups is 1. The Balaban J connectivity index is 2.02. The summed E-state index contributed by atoms with van der Waals surface area (Å²) in [7, 11) is 1.69. The highest BCUT2D eigenvalue weighted by molar-refractivity contribution is 8.13. The van der Waals surface area contributed by atoms with Gasteiger partial charge in [0.25, 0.3) is 0 Å². The van der Waals surface area contributed by atoms with Crippen molar-refractivity contribution < 1.29 is 4.74 Å². The third kappa shape index (κ3) is 2.90. The Morgan fingerprint density at radius 1 is 1.14 bits per heavy atom. The number of hydrogen-bond acceptors (Lipinski definition) is 4. The Morgan fingerprint density at radius 3 is 2.62 bits per heavy atom. The molecule has 1 aliphatic heterocycles. The number of ether oxygens (including phenoxy) is 1. The summed E-state index contributed by atoms with van der Waals surface area (Å²) in [5.41, 5.74) is 3.69. The van der Waals surface area contributed by atoms with Crippen molar-refractivity contribution in [3.05, 3.63) is 59.7 Å². The molecule has 2 aromatic carbocycles. The minimum absolute atomic E-state index is 0.268. The predicted octanol–water partition coefficient (Wildman–Crippen LogP) is 3.97.